The van der Waals surface area contributed by atoms with Gasteiger partial charge < -0.3 is 10.2 Å². The lowest BCUT2D eigenvalue weighted by atomic mass is 10.3. The summed E-state index contributed by atoms with van der Waals surface area (Å²) in [7, 11) is 0. The van der Waals surface area contributed by atoms with Gasteiger partial charge in [-0.05, 0) is 24.5 Å². The summed E-state index contributed by atoms with van der Waals surface area (Å²) in [4.78, 5) is 26.0. The molecule has 0 bridgehead atoms. The topological polar surface area (TPSA) is 49.4 Å². The zero-order valence-corrected chi connectivity index (χ0v) is 12.4. The van der Waals surface area contributed by atoms with E-state index >= 15 is 0 Å². The van der Waals surface area contributed by atoms with Crippen molar-refractivity contribution >= 4 is 40.4 Å². The molecule has 1 aromatic carbocycles. The molecule has 19 heavy (non-hydrogen) atoms. The molecule has 1 N–H and O–H groups in total. The van der Waals surface area contributed by atoms with Crippen molar-refractivity contribution in [2.45, 2.75) is 11.3 Å². The van der Waals surface area contributed by atoms with Gasteiger partial charge in [0.1, 0.15) is 0 Å². The summed E-state index contributed by atoms with van der Waals surface area (Å²) in [5.41, 5.74) is 0.805. The van der Waals surface area contributed by atoms with E-state index < -0.39 is 0 Å². The molecule has 0 spiro atoms. The highest BCUT2D eigenvalue weighted by Gasteiger charge is 2.21. The van der Waals surface area contributed by atoms with Crippen molar-refractivity contribution in [1.82, 2.24) is 4.90 Å². The van der Waals surface area contributed by atoms with Gasteiger partial charge in [-0.3, -0.25) is 9.59 Å². The third-order valence-corrected chi connectivity index (χ3v) is 4.42. The number of nitrogens with zero attached hydrogens (tertiary/aromatic N) is 1. The van der Waals surface area contributed by atoms with Crippen molar-refractivity contribution < 1.29 is 9.59 Å². The van der Waals surface area contributed by atoms with Crippen LogP contribution in [0.5, 0.6) is 0 Å². The smallest absolute Gasteiger partial charge is 0.281 e. The van der Waals surface area contributed by atoms with E-state index in [1.54, 1.807) is 16.7 Å². The molecule has 6 heteroatoms. The second kappa shape index (κ2) is 6.86. The minimum absolute atomic E-state index is 0.0528. The second-order valence-corrected chi connectivity index (χ2v) is 6.06. The summed E-state index contributed by atoms with van der Waals surface area (Å²) >= 11 is 2.96. The number of carbonyl (C=O) groups is 2. The molecule has 0 aliphatic carbocycles. The van der Waals surface area contributed by atoms with Crippen molar-refractivity contribution in [3.63, 3.8) is 0 Å². The summed E-state index contributed by atoms with van der Waals surface area (Å²) in [6, 6.07) is 7.73. The number of nitrogens with one attached hydrogen (secondary N) is 1. The van der Waals surface area contributed by atoms with Crippen LogP contribution >= 0.6 is 23.5 Å². The maximum Gasteiger partial charge on any atom is 0.281 e. The molecule has 0 atom stereocenters. The average molecular weight is 296 g/mol. The Morgan fingerprint density at radius 1 is 1.53 bits per heavy atom. The fourth-order valence-corrected chi connectivity index (χ4v) is 3.10. The Morgan fingerprint density at radius 2 is 2.37 bits per heavy atom. The van der Waals surface area contributed by atoms with Gasteiger partial charge in [-0.25, -0.2) is 0 Å². The molecule has 0 aromatic heterocycles. The summed E-state index contributed by atoms with van der Waals surface area (Å²) in [5.74, 6) is 0.777. The number of benzene rings is 1. The highest BCUT2D eigenvalue weighted by atomic mass is 32.2. The molecule has 0 radical (unpaired) electrons. The summed E-state index contributed by atoms with van der Waals surface area (Å²) in [6.45, 7) is 1.25. The van der Waals surface area contributed by atoms with Crippen LogP contribution in [-0.4, -0.2) is 41.1 Å². The predicted molar refractivity (Wildman–Crippen MR) is 80.9 cm³/mol. The van der Waals surface area contributed by atoms with Gasteiger partial charge in [0.25, 0.3) is 5.24 Å². The van der Waals surface area contributed by atoms with Crippen LogP contribution in [0.3, 0.4) is 0 Å². The lowest BCUT2D eigenvalue weighted by Crippen LogP contribution is -2.27. The third-order valence-electron chi connectivity index (χ3n) is 2.81. The van der Waals surface area contributed by atoms with Crippen LogP contribution in [0.15, 0.2) is 29.2 Å². The minimum atomic E-state index is -0.0528. The molecule has 1 aliphatic heterocycles. The Morgan fingerprint density at radius 3 is 3.05 bits per heavy atom. The molecule has 1 aliphatic rings. The van der Waals surface area contributed by atoms with Gasteiger partial charge in [0.05, 0.1) is 0 Å². The van der Waals surface area contributed by atoms with Crippen molar-refractivity contribution in [2.24, 2.45) is 0 Å². The van der Waals surface area contributed by atoms with Crippen LogP contribution in [0.25, 0.3) is 0 Å². The second-order valence-electron chi connectivity index (χ2n) is 4.13. The third kappa shape index (κ3) is 4.18. The van der Waals surface area contributed by atoms with Crippen LogP contribution in [0.4, 0.5) is 10.5 Å². The Bertz CT molecular complexity index is 479. The number of thioether (sulfide) groups is 2. The minimum Gasteiger partial charge on any atom is -0.332 e. The Kier molecular flexibility index (Phi) is 5.15. The molecule has 102 valence electrons. The Balaban J connectivity index is 1.82. The molecular weight excluding hydrogens is 280 g/mol. The maximum absolute atomic E-state index is 11.8. The van der Waals surface area contributed by atoms with E-state index in [0.29, 0.717) is 13.0 Å². The van der Waals surface area contributed by atoms with Crippen LogP contribution < -0.4 is 5.32 Å². The molecule has 1 aromatic rings. The van der Waals surface area contributed by atoms with Gasteiger partial charge in [-0.15, -0.1) is 11.8 Å². The first-order valence-electron chi connectivity index (χ1n) is 6.04. The number of rotatable bonds is 5. The van der Waals surface area contributed by atoms with E-state index in [-0.39, 0.29) is 11.1 Å². The fourth-order valence-electron chi connectivity index (χ4n) is 1.79. The van der Waals surface area contributed by atoms with Crippen LogP contribution in [-0.2, 0) is 4.79 Å². The lowest BCUT2D eigenvalue weighted by Gasteiger charge is -2.14. The standard InChI is InChI=1S/C13H16N2O2S2/c1-18-11-4-2-3-10(9-11)14-12(16)5-6-15-7-8-19-13(15)17/h2-4,9H,5-8H2,1H3,(H,14,16). The Labute approximate surface area is 121 Å². The van der Waals surface area contributed by atoms with Crippen molar-refractivity contribution in [2.75, 3.05) is 30.4 Å². The van der Waals surface area contributed by atoms with E-state index in [9.17, 15) is 9.59 Å². The summed E-state index contributed by atoms with van der Waals surface area (Å²) < 4.78 is 0. The van der Waals surface area contributed by atoms with Crippen molar-refractivity contribution in [3.8, 4) is 0 Å². The molecular formula is C13H16N2O2S2. The lowest BCUT2D eigenvalue weighted by molar-refractivity contribution is -0.116. The normalized spacial score (nSPS) is 14.8. The van der Waals surface area contributed by atoms with E-state index in [0.717, 1.165) is 22.9 Å². The van der Waals surface area contributed by atoms with E-state index in [2.05, 4.69) is 5.32 Å². The van der Waals surface area contributed by atoms with E-state index in [1.165, 1.54) is 11.8 Å². The molecule has 2 rings (SSSR count). The first kappa shape index (κ1) is 14.3. The maximum atomic E-state index is 11.8. The summed E-state index contributed by atoms with van der Waals surface area (Å²) in [5, 5.41) is 2.94. The average Bonchev–Trinajstić information content (AvgIpc) is 2.82. The fraction of sp³-hybridized carbons (Fsp3) is 0.385. The zero-order chi connectivity index (χ0) is 13.7. The van der Waals surface area contributed by atoms with Crippen molar-refractivity contribution in [3.05, 3.63) is 24.3 Å². The molecule has 0 saturated carbocycles. The van der Waals surface area contributed by atoms with Crippen LogP contribution in [0.1, 0.15) is 6.42 Å². The molecule has 1 heterocycles. The number of hydrogen-bond donors (Lipinski definition) is 1. The number of carbonyl (C=O) groups excluding carboxylic acids is 2. The first-order valence-corrected chi connectivity index (χ1v) is 8.25. The highest BCUT2D eigenvalue weighted by molar-refractivity contribution is 8.13. The van der Waals surface area contributed by atoms with E-state index in [4.69, 9.17) is 0 Å². The van der Waals surface area contributed by atoms with E-state index in [1.807, 2.05) is 30.5 Å². The molecule has 1 saturated heterocycles. The SMILES string of the molecule is CSc1cccc(NC(=O)CCN2CCSC2=O)c1. The van der Waals surface area contributed by atoms with Gasteiger partial charge in [-0.1, -0.05) is 17.8 Å². The van der Waals surface area contributed by atoms with Crippen LogP contribution in [0.2, 0.25) is 0 Å². The molecule has 2 amide bonds. The monoisotopic (exact) mass is 296 g/mol. The zero-order valence-electron chi connectivity index (χ0n) is 10.7. The Hall–Kier alpha value is -1.14. The van der Waals surface area contributed by atoms with Gasteiger partial charge in [0.15, 0.2) is 0 Å². The largest absolute Gasteiger partial charge is 0.332 e. The first-order chi connectivity index (χ1) is 9.19. The van der Waals surface area contributed by atoms with Gasteiger partial charge >= 0.3 is 0 Å². The van der Waals surface area contributed by atoms with Gasteiger partial charge in [0, 0.05) is 35.8 Å². The number of hydrogen-bond acceptors (Lipinski definition) is 4. The van der Waals surface area contributed by atoms with Crippen LogP contribution in [0, 0.1) is 0 Å². The molecule has 1 fully saturated rings. The summed E-state index contributed by atoms with van der Waals surface area (Å²) in [6.07, 6.45) is 2.34. The number of amides is 2. The highest BCUT2D eigenvalue weighted by Crippen LogP contribution is 2.20. The van der Waals surface area contributed by atoms with Crippen molar-refractivity contribution in [1.29, 1.82) is 0 Å². The van der Waals surface area contributed by atoms with Gasteiger partial charge in [-0.2, -0.15) is 0 Å². The molecule has 0 unspecified atom stereocenters. The predicted octanol–water partition coefficient (Wildman–Crippen LogP) is 2.91. The van der Waals surface area contributed by atoms with Gasteiger partial charge in [0.2, 0.25) is 5.91 Å². The number of anilines is 1. The quantitative estimate of drug-likeness (QED) is 0.849. The molecule has 4 nitrogen and oxygen atoms in total.